The Morgan fingerprint density at radius 3 is 2.13 bits per heavy atom. The first kappa shape index (κ1) is 28.1. The summed E-state index contributed by atoms with van der Waals surface area (Å²) in [7, 11) is 0. The minimum Gasteiger partial charge on any atom is -0.507 e. The first-order valence-corrected chi connectivity index (χ1v) is 13.3. The molecule has 1 amide bonds. The molecule has 39 heavy (non-hydrogen) atoms. The molecule has 3 aromatic rings. The second-order valence-corrected chi connectivity index (χ2v) is 11.5. The Morgan fingerprint density at radius 1 is 0.949 bits per heavy atom. The highest BCUT2D eigenvalue weighted by Gasteiger charge is 2.45. The van der Waals surface area contributed by atoms with Gasteiger partial charge in [-0.2, -0.15) is 0 Å². The van der Waals surface area contributed by atoms with Crippen LogP contribution in [0.3, 0.4) is 0 Å². The van der Waals surface area contributed by atoms with E-state index in [1.807, 2.05) is 24.3 Å². The molecule has 4 rings (SSSR count). The summed E-state index contributed by atoms with van der Waals surface area (Å²) in [6.45, 7) is 11.3. The van der Waals surface area contributed by atoms with Gasteiger partial charge in [-0.3, -0.25) is 9.59 Å². The summed E-state index contributed by atoms with van der Waals surface area (Å²) in [5.41, 5.74) is 3.11. The van der Waals surface area contributed by atoms with Gasteiger partial charge in [0.2, 0.25) is 0 Å². The maximum absolute atomic E-state index is 13.4. The maximum Gasteiger partial charge on any atom is 0.295 e. The molecule has 1 unspecified atom stereocenters. The van der Waals surface area contributed by atoms with Crippen molar-refractivity contribution >= 4 is 17.4 Å². The molecule has 0 aliphatic carbocycles. The van der Waals surface area contributed by atoms with Gasteiger partial charge in [-0.05, 0) is 70.8 Å². The fourth-order valence-electron chi connectivity index (χ4n) is 4.65. The predicted octanol–water partition coefficient (Wildman–Crippen LogP) is 6.82. The number of amides is 1. The van der Waals surface area contributed by atoms with Crippen molar-refractivity contribution in [2.24, 2.45) is 5.92 Å². The van der Waals surface area contributed by atoms with E-state index in [0.717, 1.165) is 16.7 Å². The molecule has 0 radical (unpaired) electrons. The van der Waals surface area contributed by atoms with Gasteiger partial charge in [-0.15, -0.1) is 0 Å². The molecule has 1 atom stereocenters. The average Bonchev–Trinajstić information content (AvgIpc) is 3.16. The van der Waals surface area contributed by atoms with Crippen LogP contribution >= 0.6 is 0 Å². The van der Waals surface area contributed by atoms with Crippen LogP contribution in [0.4, 0.5) is 4.39 Å². The highest BCUT2D eigenvalue weighted by atomic mass is 19.1. The van der Waals surface area contributed by atoms with Crippen molar-refractivity contribution in [2.75, 3.05) is 13.2 Å². The molecule has 1 fully saturated rings. The molecule has 5 nitrogen and oxygen atoms in total. The summed E-state index contributed by atoms with van der Waals surface area (Å²) in [6, 6.07) is 20.0. The van der Waals surface area contributed by atoms with Crippen molar-refractivity contribution in [3.8, 4) is 5.75 Å². The smallest absolute Gasteiger partial charge is 0.295 e. The first-order chi connectivity index (χ1) is 18.5. The zero-order chi connectivity index (χ0) is 28.3. The fourth-order valence-corrected chi connectivity index (χ4v) is 4.65. The summed E-state index contributed by atoms with van der Waals surface area (Å²) >= 11 is 0. The largest absolute Gasteiger partial charge is 0.507 e. The molecular formula is C33H36FNO4. The fraction of sp³-hybridized carbons (Fsp3) is 0.333. The second kappa shape index (κ2) is 11.4. The third kappa shape index (κ3) is 6.39. The number of aliphatic hydroxyl groups is 1. The number of hydrogen-bond donors (Lipinski definition) is 1. The van der Waals surface area contributed by atoms with Crippen molar-refractivity contribution in [3.05, 3.63) is 106 Å². The normalized spacial score (nSPS) is 17.2. The van der Waals surface area contributed by atoms with Gasteiger partial charge in [0.25, 0.3) is 11.7 Å². The van der Waals surface area contributed by atoms with E-state index in [2.05, 4.69) is 34.6 Å². The third-order valence-corrected chi connectivity index (χ3v) is 6.90. The quantitative estimate of drug-likeness (QED) is 0.197. The lowest BCUT2D eigenvalue weighted by molar-refractivity contribution is -0.139. The summed E-state index contributed by atoms with van der Waals surface area (Å²) in [5.74, 6) is -0.920. The lowest BCUT2D eigenvalue weighted by Gasteiger charge is -2.26. The van der Waals surface area contributed by atoms with Crippen LogP contribution in [0, 0.1) is 11.7 Å². The minimum absolute atomic E-state index is 0.0541. The van der Waals surface area contributed by atoms with E-state index in [-0.39, 0.29) is 29.1 Å². The molecule has 0 aromatic heterocycles. The number of carbonyl (C=O) groups excluding carboxylic acids is 2. The summed E-state index contributed by atoms with van der Waals surface area (Å²) in [4.78, 5) is 28.2. The van der Waals surface area contributed by atoms with Gasteiger partial charge in [-0.25, -0.2) is 4.39 Å². The van der Waals surface area contributed by atoms with Crippen molar-refractivity contribution < 1.29 is 23.8 Å². The number of carbonyl (C=O) groups is 2. The molecule has 0 spiro atoms. The molecule has 6 heteroatoms. The number of nitrogens with zero attached hydrogens (tertiary/aromatic N) is 1. The van der Waals surface area contributed by atoms with Crippen molar-refractivity contribution in [1.29, 1.82) is 0 Å². The first-order valence-electron chi connectivity index (χ1n) is 13.3. The third-order valence-electron chi connectivity index (χ3n) is 6.90. The van der Waals surface area contributed by atoms with E-state index < -0.39 is 17.7 Å². The number of ketones is 1. The SMILES string of the molecule is CC(C)COc1ccc(/C(O)=C2/C(=O)C(=O)N(CCc3ccc(F)cc3)C2c2ccc(C(C)(C)C)cc2)cc1. The Balaban J connectivity index is 1.72. The van der Waals surface area contributed by atoms with Gasteiger partial charge < -0.3 is 14.7 Å². The number of benzene rings is 3. The number of rotatable bonds is 8. The molecule has 0 saturated carbocycles. The van der Waals surface area contributed by atoms with Crippen LogP contribution in [0.25, 0.3) is 5.76 Å². The highest BCUT2D eigenvalue weighted by molar-refractivity contribution is 6.46. The van der Waals surface area contributed by atoms with Gasteiger partial charge >= 0.3 is 0 Å². The van der Waals surface area contributed by atoms with E-state index in [1.165, 1.54) is 17.0 Å². The van der Waals surface area contributed by atoms with E-state index in [0.29, 0.717) is 30.3 Å². The zero-order valence-corrected chi connectivity index (χ0v) is 23.2. The van der Waals surface area contributed by atoms with Crippen molar-refractivity contribution in [1.82, 2.24) is 4.90 Å². The summed E-state index contributed by atoms with van der Waals surface area (Å²) < 4.78 is 19.1. The monoisotopic (exact) mass is 529 g/mol. The van der Waals surface area contributed by atoms with Crippen LogP contribution in [0.15, 0.2) is 78.4 Å². The Labute approximate surface area is 229 Å². The van der Waals surface area contributed by atoms with Crippen LogP contribution in [-0.2, 0) is 21.4 Å². The van der Waals surface area contributed by atoms with Gasteiger partial charge in [-0.1, -0.05) is 71.0 Å². The van der Waals surface area contributed by atoms with E-state index in [1.54, 1.807) is 36.4 Å². The van der Waals surface area contributed by atoms with Crippen LogP contribution in [0.5, 0.6) is 5.75 Å². The van der Waals surface area contributed by atoms with Crippen LogP contribution in [0.1, 0.15) is 62.9 Å². The lowest BCUT2D eigenvalue weighted by Crippen LogP contribution is -2.31. The molecular weight excluding hydrogens is 493 g/mol. The number of halogens is 1. The van der Waals surface area contributed by atoms with Gasteiger partial charge in [0.15, 0.2) is 0 Å². The maximum atomic E-state index is 13.4. The van der Waals surface area contributed by atoms with Gasteiger partial charge in [0, 0.05) is 12.1 Å². The lowest BCUT2D eigenvalue weighted by atomic mass is 9.85. The Morgan fingerprint density at radius 2 is 1.56 bits per heavy atom. The number of likely N-dealkylation sites (tertiary alicyclic amines) is 1. The predicted molar refractivity (Wildman–Crippen MR) is 151 cm³/mol. The van der Waals surface area contributed by atoms with Crippen molar-refractivity contribution in [2.45, 2.75) is 52.5 Å². The second-order valence-electron chi connectivity index (χ2n) is 11.5. The van der Waals surface area contributed by atoms with E-state index in [4.69, 9.17) is 4.74 Å². The molecule has 1 aliphatic rings. The standard InChI is InChI=1S/C33H36FNO4/c1-21(2)20-39-27-16-10-24(11-17-27)30(36)28-29(23-8-12-25(13-9-23)33(3,4)5)35(32(38)31(28)37)19-18-22-6-14-26(34)15-7-22/h6-17,21,29,36H,18-20H2,1-5H3/b30-28-. The number of ether oxygens (including phenoxy) is 1. The van der Waals surface area contributed by atoms with Gasteiger partial charge in [0.05, 0.1) is 18.2 Å². The van der Waals surface area contributed by atoms with Crippen LogP contribution in [-0.4, -0.2) is 34.8 Å². The Hall–Kier alpha value is -3.93. The summed E-state index contributed by atoms with van der Waals surface area (Å²) in [5, 5.41) is 11.4. The minimum atomic E-state index is -0.753. The van der Waals surface area contributed by atoms with Crippen molar-refractivity contribution in [3.63, 3.8) is 0 Å². The molecule has 1 saturated heterocycles. The number of aliphatic hydroxyl groups excluding tert-OH is 1. The number of hydrogen-bond acceptors (Lipinski definition) is 4. The molecule has 204 valence electrons. The molecule has 1 aliphatic heterocycles. The molecule has 3 aromatic carbocycles. The molecule has 1 heterocycles. The highest BCUT2D eigenvalue weighted by Crippen LogP contribution is 2.40. The van der Waals surface area contributed by atoms with Crippen LogP contribution in [0.2, 0.25) is 0 Å². The Bertz CT molecular complexity index is 1350. The summed E-state index contributed by atoms with van der Waals surface area (Å²) in [6.07, 6.45) is 0.436. The molecule has 0 bridgehead atoms. The van der Waals surface area contributed by atoms with Crippen LogP contribution < -0.4 is 4.74 Å². The topological polar surface area (TPSA) is 66.8 Å². The van der Waals surface area contributed by atoms with E-state index >= 15 is 0 Å². The van der Waals surface area contributed by atoms with Gasteiger partial charge in [0.1, 0.15) is 17.3 Å². The average molecular weight is 530 g/mol. The van der Waals surface area contributed by atoms with E-state index in [9.17, 15) is 19.1 Å². The molecule has 1 N–H and O–H groups in total. The zero-order valence-electron chi connectivity index (χ0n) is 23.2. The Kier molecular flexibility index (Phi) is 8.24. The number of Topliss-reactive ketones (excluding diaryl/α,β-unsaturated/α-hetero) is 1.